The predicted molar refractivity (Wildman–Crippen MR) is 127 cm³/mol. The topological polar surface area (TPSA) is 109 Å². The van der Waals surface area contributed by atoms with Crippen LogP contribution in [0.25, 0.3) is 10.4 Å². The van der Waals surface area contributed by atoms with E-state index < -0.39 is 12.4 Å². The first-order valence-corrected chi connectivity index (χ1v) is 11.8. The maximum Gasteiger partial charge on any atom is 0.507 e. The summed E-state index contributed by atoms with van der Waals surface area (Å²) in [6.07, 6.45) is -0.763. The van der Waals surface area contributed by atoms with Crippen molar-refractivity contribution in [1.29, 1.82) is 0 Å². The average Bonchev–Trinajstić information content (AvgIpc) is 3.44. The molecule has 1 aliphatic rings. The third-order valence-electron chi connectivity index (χ3n) is 5.58. The first kappa shape index (κ1) is 23.4. The lowest BCUT2D eigenvalue weighted by atomic mass is 10.1. The maximum absolute atomic E-state index is 12.7. The lowest BCUT2D eigenvalue weighted by Crippen LogP contribution is -2.39. The van der Waals surface area contributed by atoms with Crippen molar-refractivity contribution in [2.75, 3.05) is 6.54 Å². The molecule has 2 amide bonds. The van der Waals surface area contributed by atoms with Crippen molar-refractivity contribution in [2.24, 2.45) is 0 Å². The molecule has 9 heteroatoms. The van der Waals surface area contributed by atoms with Gasteiger partial charge in [0.05, 0.1) is 17.0 Å². The van der Waals surface area contributed by atoms with Crippen LogP contribution in [0.5, 0.6) is 0 Å². The first-order valence-electron chi connectivity index (χ1n) is 11.0. The van der Waals surface area contributed by atoms with Crippen molar-refractivity contribution < 1.29 is 24.2 Å². The molecule has 2 heterocycles. The molecule has 2 aromatic carbocycles. The third kappa shape index (κ3) is 5.60. The molecule has 8 nitrogen and oxygen atoms in total. The summed E-state index contributed by atoms with van der Waals surface area (Å²) in [5, 5.41) is 12.2. The van der Waals surface area contributed by atoms with Gasteiger partial charge in [0.1, 0.15) is 0 Å². The number of amides is 2. The molecule has 2 N–H and O–H groups in total. The lowest BCUT2D eigenvalue weighted by molar-refractivity contribution is -0.138. The summed E-state index contributed by atoms with van der Waals surface area (Å²) in [6.45, 7) is 2.67. The Labute approximate surface area is 201 Å². The van der Waals surface area contributed by atoms with Gasteiger partial charge in [0.25, 0.3) is 5.91 Å². The highest BCUT2D eigenvalue weighted by Crippen LogP contribution is 2.29. The summed E-state index contributed by atoms with van der Waals surface area (Å²) in [4.78, 5) is 43.1. The fourth-order valence-electron chi connectivity index (χ4n) is 3.99. The normalized spacial score (nSPS) is 15.2. The molecule has 176 valence electrons. The number of hydrogen-bond acceptors (Lipinski definition) is 6. The number of aryl methyl sites for hydroxylation is 1. The zero-order valence-corrected chi connectivity index (χ0v) is 19.5. The van der Waals surface area contributed by atoms with E-state index in [1.54, 1.807) is 0 Å². The number of carbonyl (C=O) groups excluding carboxylic acids is 2. The number of benzene rings is 2. The zero-order chi connectivity index (χ0) is 24.1. The van der Waals surface area contributed by atoms with Crippen molar-refractivity contribution in [3.8, 4) is 10.4 Å². The molecule has 0 unspecified atom stereocenters. The van der Waals surface area contributed by atoms with Crippen LogP contribution in [0.15, 0.2) is 54.6 Å². The highest BCUT2D eigenvalue weighted by Gasteiger charge is 2.31. The van der Waals surface area contributed by atoms with Gasteiger partial charge in [-0.05, 0) is 30.0 Å². The van der Waals surface area contributed by atoms with Crippen LogP contribution in [0.2, 0.25) is 0 Å². The molecule has 1 aromatic heterocycles. The molecule has 0 radical (unpaired) electrons. The number of likely N-dealkylation sites (tertiary alicyclic amines) is 1. The van der Waals surface area contributed by atoms with Crippen molar-refractivity contribution in [3.63, 3.8) is 0 Å². The summed E-state index contributed by atoms with van der Waals surface area (Å²) in [7, 11) is 0. The molecule has 1 atom stereocenters. The summed E-state index contributed by atoms with van der Waals surface area (Å²) in [6, 6.07) is 17.3. The van der Waals surface area contributed by atoms with Crippen LogP contribution in [0, 0.1) is 6.92 Å². The molecule has 3 aromatic rings. The summed E-state index contributed by atoms with van der Waals surface area (Å²) in [5.74, 6) is -0.431. The van der Waals surface area contributed by atoms with E-state index in [9.17, 15) is 14.4 Å². The van der Waals surface area contributed by atoms with E-state index in [1.165, 1.54) is 16.2 Å². The molecule has 34 heavy (non-hydrogen) atoms. The second-order valence-electron chi connectivity index (χ2n) is 8.05. The van der Waals surface area contributed by atoms with E-state index in [0.717, 1.165) is 27.3 Å². The maximum atomic E-state index is 12.7. The number of nitrogens with one attached hydrogen (secondary N) is 1. The Morgan fingerprint density at radius 1 is 1.15 bits per heavy atom. The minimum Gasteiger partial charge on any atom is -0.450 e. The monoisotopic (exact) mass is 479 g/mol. The van der Waals surface area contributed by atoms with Crippen LogP contribution in [0.1, 0.15) is 39.5 Å². The zero-order valence-electron chi connectivity index (χ0n) is 18.7. The lowest BCUT2D eigenvalue weighted by Gasteiger charge is -2.23. The predicted octanol–water partition coefficient (Wildman–Crippen LogP) is 4.23. The Balaban J connectivity index is 1.36. The number of carbonyl (C=O) groups is 3. The van der Waals surface area contributed by atoms with Gasteiger partial charge in [-0.2, -0.15) is 0 Å². The molecular weight excluding hydrogens is 454 g/mol. The van der Waals surface area contributed by atoms with E-state index in [-0.39, 0.29) is 18.2 Å². The molecule has 0 bridgehead atoms. The van der Waals surface area contributed by atoms with Crippen LogP contribution in [-0.2, 0) is 22.5 Å². The number of nitrogens with zero attached hydrogens (tertiary/aromatic N) is 2. The number of hydrogen-bond donors (Lipinski definition) is 2. The molecular formula is C25H25N3O5S. The first-order chi connectivity index (χ1) is 16.4. The summed E-state index contributed by atoms with van der Waals surface area (Å²) < 4.78 is 4.82. The minimum atomic E-state index is -1.38. The van der Waals surface area contributed by atoms with Gasteiger partial charge in [-0.1, -0.05) is 54.6 Å². The van der Waals surface area contributed by atoms with Crippen LogP contribution < -0.4 is 5.32 Å². The number of carboxylic acid groups (broad SMARTS) is 1. The number of rotatable bonds is 7. The smallest absolute Gasteiger partial charge is 0.450 e. The van der Waals surface area contributed by atoms with E-state index >= 15 is 0 Å². The van der Waals surface area contributed by atoms with E-state index in [1.807, 2.05) is 61.5 Å². The van der Waals surface area contributed by atoms with Gasteiger partial charge in [-0.25, -0.2) is 9.78 Å². The largest absolute Gasteiger partial charge is 0.507 e. The van der Waals surface area contributed by atoms with Gasteiger partial charge in [-0.3, -0.25) is 9.59 Å². The van der Waals surface area contributed by atoms with Crippen molar-refractivity contribution in [1.82, 2.24) is 15.2 Å². The molecule has 1 fully saturated rings. The molecule has 0 aliphatic carbocycles. The van der Waals surface area contributed by atoms with Gasteiger partial charge in [0, 0.05) is 19.5 Å². The second-order valence-corrected chi connectivity index (χ2v) is 9.05. The van der Waals surface area contributed by atoms with Crippen LogP contribution in [0.4, 0.5) is 4.79 Å². The van der Waals surface area contributed by atoms with E-state index in [2.05, 4.69) is 10.3 Å². The Morgan fingerprint density at radius 2 is 1.91 bits per heavy atom. The van der Waals surface area contributed by atoms with Gasteiger partial charge in [0.15, 0.2) is 11.2 Å². The Kier molecular flexibility index (Phi) is 7.22. The van der Waals surface area contributed by atoms with Gasteiger partial charge >= 0.3 is 6.16 Å². The molecule has 0 spiro atoms. The minimum absolute atomic E-state index is 0.132. The average molecular weight is 480 g/mol. The van der Waals surface area contributed by atoms with Crippen LogP contribution in [0.3, 0.4) is 0 Å². The van der Waals surface area contributed by atoms with Crippen molar-refractivity contribution >= 4 is 29.3 Å². The van der Waals surface area contributed by atoms with Gasteiger partial charge in [0.2, 0.25) is 5.91 Å². The van der Waals surface area contributed by atoms with E-state index in [4.69, 9.17) is 9.84 Å². The van der Waals surface area contributed by atoms with Crippen molar-refractivity contribution in [3.05, 3.63) is 76.4 Å². The Bertz CT molecular complexity index is 1190. The third-order valence-corrected chi connectivity index (χ3v) is 6.79. The second kappa shape index (κ2) is 10.5. The highest BCUT2D eigenvalue weighted by molar-refractivity contribution is 7.17. The molecule has 1 saturated heterocycles. The Hall–Kier alpha value is -3.72. The van der Waals surface area contributed by atoms with Crippen molar-refractivity contribution in [2.45, 2.75) is 39.0 Å². The molecule has 4 rings (SSSR count). The van der Waals surface area contributed by atoms with Gasteiger partial charge < -0.3 is 20.1 Å². The number of ether oxygens (including phenoxy) is 1. The highest BCUT2D eigenvalue weighted by atomic mass is 32.1. The van der Waals surface area contributed by atoms with Crippen LogP contribution >= 0.6 is 11.3 Å². The van der Waals surface area contributed by atoms with Gasteiger partial charge in [-0.15, -0.1) is 11.3 Å². The van der Waals surface area contributed by atoms with E-state index in [0.29, 0.717) is 30.9 Å². The Morgan fingerprint density at radius 3 is 2.68 bits per heavy atom. The summed E-state index contributed by atoms with van der Waals surface area (Å²) >= 11 is 1.36. The molecule has 0 saturated carbocycles. The SMILES string of the molecule is Cc1nc(C(=O)NCc2cccc(CC(=O)N3CCC[C@H]3OC(=O)O)c2)sc1-c1ccccc1. The fourth-order valence-corrected chi connectivity index (χ4v) is 4.98. The summed E-state index contributed by atoms with van der Waals surface area (Å²) in [5.41, 5.74) is 3.49. The fraction of sp³-hybridized carbons (Fsp3) is 0.280. The number of thiazole rings is 1. The number of aromatic nitrogens is 1. The van der Waals surface area contributed by atoms with Crippen LogP contribution in [-0.4, -0.2) is 45.7 Å². The molecule has 1 aliphatic heterocycles. The quantitative estimate of drug-likeness (QED) is 0.491. The standard InChI is InChI=1S/C25H25N3O5S/c1-16-22(19-9-3-2-4-10-19)34-24(27-16)23(30)26-15-18-8-5-7-17(13-18)14-20(29)28-12-6-11-21(28)33-25(31)32/h2-5,7-10,13,21H,6,11-12,14-15H2,1H3,(H,26,30)(H,31,32)/t21-/m1/s1.